The molecule has 0 saturated carbocycles. The van der Waals surface area contributed by atoms with E-state index in [2.05, 4.69) is 4.98 Å². The average molecular weight is 385 g/mol. The lowest BCUT2D eigenvalue weighted by Crippen LogP contribution is -2.48. The van der Waals surface area contributed by atoms with Crippen molar-refractivity contribution in [3.8, 4) is 0 Å². The molecule has 0 spiro atoms. The van der Waals surface area contributed by atoms with E-state index in [0.29, 0.717) is 23.9 Å². The fourth-order valence-electron chi connectivity index (χ4n) is 4.61. The molecule has 0 radical (unpaired) electrons. The number of hydrogen-bond acceptors (Lipinski definition) is 6. The number of hydrogen-bond donors (Lipinski definition) is 0. The van der Waals surface area contributed by atoms with Crippen molar-refractivity contribution in [1.82, 2.24) is 14.5 Å². The summed E-state index contributed by atoms with van der Waals surface area (Å²) >= 11 is 0. The molecule has 2 saturated heterocycles. The summed E-state index contributed by atoms with van der Waals surface area (Å²) in [6.45, 7) is 1.87. The number of amides is 1. The zero-order valence-electron chi connectivity index (χ0n) is 16.0. The number of ether oxygens (including phenoxy) is 2. The molecule has 1 aromatic carbocycles. The highest BCUT2D eigenvalue weighted by atomic mass is 16.5. The Labute approximate surface area is 162 Å². The molecule has 28 heavy (non-hydrogen) atoms. The first-order valence-electron chi connectivity index (χ1n) is 9.59. The minimum atomic E-state index is -0.707. The number of piperidine rings is 1. The molecule has 2 aromatic rings. The predicted molar refractivity (Wildman–Crippen MR) is 101 cm³/mol. The number of carbonyl (C=O) groups excluding carboxylic acids is 2. The second-order valence-corrected chi connectivity index (χ2v) is 7.23. The van der Waals surface area contributed by atoms with E-state index in [1.165, 1.54) is 7.11 Å². The van der Waals surface area contributed by atoms with Crippen molar-refractivity contribution in [3.63, 3.8) is 0 Å². The molecule has 1 aromatic heterocycles. The lowest BCUT2D eigenvalue weighted by atomic mass is 9.97. The number of fused-ring (bicyclic) bond motifs is 3. The maximum absolute atomic E-state index is 13.2. The molecule has 3 atom stereocenters. The van der Waals surface area contributed by atoms with E-state index in [9.17, 15) is 14.4 Å². The number of rotatable bonds is 3. The molecule has 2 bridgehead atoms. The van der Waals surface area contributed by atoms with Crippen LogP contribution < -0.4 is 5.56 Å². The Bertz CT molecular complexity index is 971. The normalized spacial score (nSPS) is 23.6. The molecule has 2 aliphatic heterocycles. The van der Waals surface area contributed by atoms with E-state index in [-0.39, 0.29) is 36.5 Å². The van der Waals surface area contributed by atoms with Crippen molar-refractivity contribution in [1.29, 1.82) is 0 Å². The Kier molecular flexibility index (Phi) is 4.78. The van der Waals surface area contributed by atoms with Crippen molar-refractivity contribution < 1.29 is 19.1 Å². The number of para-hydroxylation sites is 2. The van der Waals surface area contributed by atoms with Gasteiger partial charge in [-0.1, -0.05) is 12.1 Å². The van der Waals surface area contributed by atoms with Crippen LogP contribution in [-0.2, 0) is 9.47 Å². The Morgan fingerprint density at radius 3 is 2.46 bits per heavy atom. The first-order chi connectivity index (χ1) is 13.5. The van der Waals surface area contributed by atoms with Crippen LogP contribution in [0.3, 0.4) is 0 Å². The zero-order chi connectivity index (χ0) is 19.8. The summed E-state index contributed by atoms with van der Waals surface area (Å²) in [6.07, 6.45) is 2.74. The average Bonchev–Trinajstić information content (AvgIpc) is 2.96. The molecule has 2 fully saturated rings. The van der Waals surface area contributed by atoms with Gasteiger partial charge in [-0.3, -0.25) is 4.79 Å². The van der Waals surface area contributed by atoms with Crippen LogP contribution in [0.2, 0.25) is 0 Å². The van der Waals surface area contributed by atoms with Crippen LogP contribution in [0.25, 0.3) is 11.0 Å². The first kappa shape index (κ1) is 18.5. The van der Waals surface area contributed by atoms with Crippen molar-refractivity contribution in [2.75, 3.05) is 13.7 Å². The van der Waals surface area contributed by atoms with Gasteiger partial charge in [0.15, 0.2) is 0 Å². The Morgan fingerprint density at radius 2 is 1.82 bits per heavy atom. The lowest BCUT2D eigenvalue weighted by molar-refractivity contribution is 0.0516. The third-order valence-corrected chi connectivity index (χ3v) is 5.72. The summed E-state index contributed by atoms with van der Waals surface area (Å²) in [4.78, 5) is 43.7. The fourth-order valence-corrected chi connectivity index (χ4v) is 4.61. The summed E-state index contributed by atoms with van der Waals surface area (Å²) in [5, 5.41) is 0. The first-order valence-corrected chi connectivity index (χ1v) is 9.59. The van der Waals surface area contributed by atoms with Crippen molar-refractivity contribution in [2.45, 2.75) is 50.7 Å². The molecule has 0 N–H and O–H groups in total. The maximum atomic E-state index is 13.2. The van der Waals surface area contributed by atoms with E-state index in [4.69, 9.17) is 9.47 Å². The van der Waals surface area contributed by atoms with Crippen molar-refractivity contribution >= 4 is 23.1 Å². The maximum Gasteiger partial charge on any atom is 0.409 e. The number of esters is 1. The van der Waals surface area contributed by atoms with Gasteiger partial charge in [0, 0.05) is 18.1 Å². The van der Waals surface area contributed by atoms with Crippen LogP contribution in [0.1, 0.15) is 49.1 Å². The van der Waals surface area contributed by atoms with Crippen LogP contribution in [0.5, 0.6) is 0 Å². The van der Waals surface area contributed by atoms with Crippen LogP contribution in [0.4, 0.5) is 4.79 Å². The van der Waals surface area contributed by atoms with Gasteiger partial charge in [-0.15, -0.1) is 0 Å². The second-order valence-electron chi connectivity index (χ2n) is 7.23. The number of benzene rings is 1. The Morgan fingerprint density at radius 1 is 1.14 bits per heavy atom. The quantitative estimate of drug-likeness (QED) is 0.754. The molecule has 3 heterocycles. The van der Waals surface area contributed by atoms with Gasteiger partial charge in [-0.25, -0.2) is 14.6 Å². The van der Waals surface area contributed by atoms with E-state index in [0.717, 1.165) is 12.8 Å². The monoisotopic (exact) mass is 385 g/mol. The summed E-state index contributed by atoms with van der Waals surface area (Å²) in [6, 6.07) is 7.23. The Balaban J connectivity index is 1.79. The van der Waals surface area contributed by atoms with Gasteiger partial charge in [0.25, 0.3) is 5.56 Å². The number of methoxy groups -OCH3 is 1. The molecule has 2 aliphatic rings. The molecule has 0 aliphatic carbocycles. The molecule has 0 unspecified atom stereocenters. The van der Waals surface area contributed by atoms with E-state index in [1.54, 1.807) is 22.5 Å². The van der Waals surface area contributed by atoms with Gasteiger partial charge >= 0.3 is 12.1 Å². The predicted octanol–water partition coefficient (Wildman–Crippen LogP) is 2.51. The highest BCUT2D eigenvalue weighted by Crippen LogP contribution is 2.41. The third kappa shape index (κ3) is 2.93. The van der Waals surface area contributed by atoms with Gasteiger partial charge in [0.05, 0.1) is 24.8 Å². The van der Waals surface area contributed by atoms with Gasteiger partial charge in [0.2, 0.25) is 5.69 Å². The standard InChI is InChI=1S/C20H23N3O5/c1-3-28-19(25)17-18(24)23(16-7-5-4-6-15(16)21-17)14-10-12-8-9-13(11-14)22(12)20(26)27-2/h4-7,12-14H,3,8-11H2,1-2H3/t12-,13+,14-. The third-order valence-electron chi connectivity index (χ3n) is 5.72. The molecule has 1 amide bonds. The summed E-state index contributed by atoms with van der Waals surface area (Å²) in [7, 11) is 1.39. The summed E-state index contributed by atoms with van der Waals surface area (Å²) in [5.74, 6) is -0.707. The molecular weight excluding hydrogens is 362 g/mol. The van der Waals surface area contributed by atoms with Crippen molar-refractivity contribution in [2.24, 2.45) is 0 Å². The topological polar surface area (TPSA) is 90.7 Å². The zero-order valence-corrected chi connectivity index (χ0v) is 16.0. The highest BCUT2D eigenvalue weighted by Gasteiger charge is 2.45. The molecule has 148 valence electrons. The van der Waals surface area contributed by atoms with E-state index >= 15 is 0 Å². The second kappa shape index (κ2) is 7.26. The van der Waals surface area contributed by atoms with Crippen LogP contribution in [0, 0.1) is 0 Å². The number of aromatic nitrogens is 2. The fraction of sp³-hybridized carbons (Fsp3) is 0.500. The van der Waals surface area contributed by atoms with Gasteiger partial charge < -0.3 is 18.9 Å². The molecular formula is C20H23N3O5. The van der Waals surface area contributed by atoms with Crippen LogP contribution in [-0.4, -0.2) is 52.3 Å². The number of carbonyl (C=O) groups is 2. The van der Waals surface area contributed by atoms with Crippen LogP contribution >= 0.6 is 0 Å². The molecule has 8 nitrogen and oxygen atoms in total. The summed E-state index contributed by atoms with van der Waals surface area (Å²) < 4.78 is 11.6. The summed E-state index contributed by atoms with van der Waals surface area (Å²) in [5.41, 5.74) is 0.640. The molecule has 8 heteroatoms. The number of nitrogens with zero attached hydrogens (tertiary/aromatic N) is 3. The van der Waals surface area contributed by atoms with Gasteiger partial charge in [-0.2, -0.15) is 0 Å². The van der Waals surface area contributed by atoms with Crippen LogP contribution in [0.15, 0.2) is 29.1 Å². The lowest BCUT2D eigenvalue weighted by Gasteiger charge is -2.38. The molecule has 4 rings (SSSR count). The highest BCUT2D eigenvalue weighted by molar-refractivity contribution is 5.89. The Hall–Kier alpha value is -2.90. The SMILES string of the molecule is CCOC(=O)c1nc2ccccc2n([C@@H]2C[C@H]3CC[C@@H](C2)N3C(=O)OC)c1=O. The van der Waals surface area contributed by atoms with E-state index in [1.807, 2.05) is 18.2 Å². The smallest absolute Gasteiger partial charge is 0.409 e. The minimum absolute atomic E-state index is 0.0288. The van der Waals surface area contributed by atoms with Gasteiger partial charge in [0.1, 0.15) is 0 Å². The minimum Gasteiger partial charge on any atom is -0.461 e. The van der Waals surface area contributed by atoms with Crippen molar-refractivity contribution in [3.05, 3.63) is 40.3 Å². The largest absolute Gasteiger partial charge is 0.461 e. The van der Waals surface area contributed by atoms with Gasteiger partial charge in [-0.05, 0) is 44.7 Å². The van der Waals surface area contributed by atoms with E-state index < -0.39 is 11.5 Å².